The molecule has 0 saturated carbocycles. The second-order valence-corrected chi connectivity index (χ2v) is 14.1. The first kappa shape index (κ1) is 46.7. The number of unbranched alkanes of at least 4 members (excludes halogenated alkanes) is 10. The number of allylic oxidation sites excluding steroid dienone is 9. The number of ether oxygens (including phenoxy) is 2. The molecule has 282 valence electrons. The molecule has 0 unspecified atom stereocenters. The lowest BCUT2D eigenvalue weighted by Crippen LogP contribution is -2.29. The highest BCUT2D eigenvalue weighted by Gasteiger charge is 2.22. The zero-order valence-electron chi connectivity index (χ0n) is 30.6. The molecule has 0 bridgehead atoms. The van der Waals surface area contributed by atoms with E-state index in [2.05, 4.69) is 42.7 Å². The number of hydrogen-bond acceptors (Lipinski definition) is 7. The van der Waals surface area contributed by atoms with Crippen molar-refractivity contribution in [3.8, 4) is 0 Å². The molecule has 0 aliphatic rings. The monoisotopic (exact) mass is 710 g/mol. The molecule has 0 aromatic heterocycles. The summed E-state index contributed by atoms with van der Waals surface area (Å²) in [7, 11) is -4.77. The summed E-state index contributed by atoms with van der Waals surface area (Å²) in [6.07, 6.45) is 36.2. The first-order chi connectivity index (χ1) is 23.5. The SMILES string of the molecule is CC[C@@H](O)/C=C/C=C\C/C=C\C/C=C\C/C=C\CCCC(=O)O[C@H](COC(=O)CCCCCCCCCCCCC(C)C)COP(=O)(O)O. The van der Waals surface area contributed by atoms with Crippen molar-refractivity contribution in [2.24, 2.45) is 5.92 Å². The molecule has 0 saturated heterocycles. The molecular formula is C39H67O9P. The Morgan fingerprint density at radius 3 is 1.78 bits per heavy atom. The van der Waals surface area contributed by atoms with Crippen LogP contribution in [0.1, 0.15) is 143 Å². The summed E-state index contributed by atoms with van der Waals surface area (Å²) in [6.45, 7) is 5.59. The van der Waals surface area contributed by atoms with Crippen molar-refractivity contribution in [2.75, 3.05) is 13.2 Å². The minimum Gasteiger partial charge on any atom is -0.462 e. The molecule has 0 aliphatic heterocycles. The molecule has 0 amide bonds. The van der Waals surface area contributed by atoms with Gasteiger partial charge in [0.25, 0.3) is 0 Å². The molecular weight excluding hydrogens is 643 g/mol. The van der Waals surface area contributed by atoms with Gasteiger partial charge >= 0.3 is 19.8 Å². The third kappa shape index (κ3) is 36.8. The third-order valence-electron chi connectivity index (χ3n) is 7.64. The summed E-state index contributed by atoms with van der Waals surface area (Å²) in [6, 6.07) is 0. The van der Waals surface area contributed by atoms with E-state index in [1.54, 1.807) is 6.08 Å². The van der Waals surface area contributed by atoms with E-state index in [1.807, 2.05) is 37.3 Å². The molecule has 2 atom stereocenters. The van der Waals surface area contributed by atoms with E-state index < -0.39 is 32.5 Å². The Kier molecular flexibility index (Phi) is 31.4. The van der Waals surface area contributed by atoms with Gasteiger partial charge in [0.2, 0.25) is 0 Å². The minimum atomic E-state index is -4.77. The number of aliphatic hydroxyl groups excluding tert-OH is 1. The quantitative estimate of drug-likeness (QED) is 0.0205. The van der Waals surface area contributed by atoms with Crippen LogP contribution in [0.25, 0.3) is 0 Å². The van der Waals surface area contributed by atoms with E-state index in [9.17, 15) is 19.3 Å². The molecule has 9 nitrogen and oxygen atoms in total. The number of phosphoric acid groups is 1. The van der Waals surface area contributed by atoms with E-state index in [4.69, 9.17) is 19.3 Å². The molecule has 0 aromatic carbocycles. The minimum absolute atomic E-state index is 0.118. The van der Waals surface area contributed by atoms with Crippen molar-refractivity contribution in [2.45, 2.75) is 155 Å². The number of rotatable bonds is 32. The van der Waals surface area contributed by atoms with Gasteiger partial charge in [-0.15, -0.1) is 0 Å². The van der Waals surface area contributed by atoms with Gasteiger partial charge in [-0.25, -0.2) is 4.57 Å². The van der Waals surface area contributed by atoms with Gasteiger partial charge in [0.1, 0.15) is 6.61 Å². The topological polar surface area (TPSA) is 140 Å². The van der Waals surface area contributed by atoms with Crippen molar-refractivity contribution in [3.05, 3.63) is 60.8 Å². The number of carbonyl (C=O) groups excluding carboxylic acids is 2. The van der Waals surface area contributed by atoms with E-state index in [0.29, 0.717) is 25.7 Å². The van der Waals surface area contributed by atoms with Crippen molar-refractivity contribution in [1.29, 1.82) is 0 Å². The predicted molar refractivity (Wildman–Crippen MR) is 199 cm³/mol. The normalized spacial score (nSPS) is 13.9. The highest BCUT2D eigenvalue weighted by molar-refractivity contribution is 7.46. The van der Waals surface area contributed by atoms with Crippen LogP contribution in [0, 0.1) is 5.92 Å². The Morgan fingerprint density at radius 2 is 1.20 bits per heavy atom. The van der Waals surface area contributed by atoms with Crippen LogP contribution in [0.2, 0.25) is 0 Å². The molecule has 0 heterocycles. The predicted octanol–water partition coefficient (Wildman–Crippen LogP) is 9.78. The Hall–Kier alpha value is -2.29. The maximum Gasteiger partial charge on any atom is 0.469 e. The number of esters is 2. The zero-order chi connectivity index (χ0) is 36.4. The largest absolute Gasteiger partial charge is 0.469 e. The van der Waals surface area contributed by atoms with Crippen LogP contribution in [0.5, 0.6) is 0 Å². The van der Waals surface area contributed by atoms with Crippen LogP contribution in [-0.4, -0.2) is 52.3 Å². The smallest absolute Gasteiger partial charge is 0.462 e. The van der Waals surface area contributed by atoms with Crippen LogP contribution in [-0.2, 0) is 28.2 Å². The van der Waals surface area contributed by atoms with Gasteiger partial charge in [-0.2, -0.15) is 0 Å². The second-order valence-electron chi connectivity index (χ2n) is 12.9. The maximum absolute atomic E-state index is 12.3. The van der Waals surface area contributed by atoms with Gasteiger partial charge in [-0.1, -0.05) is 146 Å². The molecule has 0 aromatic rings. The van der Waals surface area contributed by atoms with Crippen LogP contribution in [0.15, 0.2) is 60.8 Å². The molecule has 0 fully saturated rings. The lowest BCUT2D eigenvalue weighted by molar-refractivity contribution is -0.161. The summed E-state index contributed by atoms with van der Waals surface area (Å²) in [4.78, 5) is 42.6. The van der Waals surface area contributed by atoms with Crippen LogP contribution >= 0.6 is 7.82 Å². The van der Waals surface area contributed by atoms with Gasteiger partial charge in [-0.05, 0) is 50.9 Å². The molecule has 0 rings (SSSR count). The Labute approximate surface area is 297 Å². The van der Waals surface area contributed by atoms with E-state index in [-0.39, 0.29) is 25.6 Å². The summed E-state index contributed by atoms with van der Waals surface area (Å²) in [5.41, 5.74) is 0. The summed E-state index contributed by atoms with van der Waals surface area (Å²) in [5, 5.41) is 9.44. The molecule has 0 radical (unpaired) electrons. The molecule has 3 N–H and O–H groups in total. The van der Waals surface area contributed by atoms with E-state index in [0.717, 1.165) is 44.4 Å². The Bertz CT molecular complexity index is 1010. The fraction of sp³-hybridized carbons (Fsp3) is 0.692. The highest BCUT2D eigenvalue weighted by atomic mass is 31.2. The average molecular weight is 711 g/mol. The maximum atomic E-state index is 12.3. The van der Waals surface area contributed by atoms with Gasteiger partial charge in [0.05, 0.1) is 12.7 Å². The Morgan fingerprint density at radius 1 is 0.673 bits per heavy atom. The second kappa shape index (κ2) is 32.9. The molecule has 10 heteroatoms. The molecule has 0 spiro atoms. The van der Waals surface area contributed by atoms with Gasteiger partial charge in [0.15, 0.2) is 6.10 Å². The number of phosphoric ester groups is 1. The van der Waals surface area contributed by atoms with Crippen molar-refractivity contribution >= 4 is 19.8 Å². The van der Waals surface area contributed by atoms with E-state index in [1.165, 1.54) is 44.9 Å². The lowest BCUT2D eigenvalue weighted by atomic mass is 10.0. The third-order valence-corrected chi connectivity index (χ3v) is 8.12. The van der Waals surface area contributed by atoms with Crippen LogP contribution in [0.4, 0.5) is 0 Å². The van der Waals surface area contributed by atoms with Crippen molar-refractivity contribution in [3.63, 3.8) is 0 Å². The van der Waals surface area contributed by atoms with Crippen molar-refractivity contribution in [1.82, 2.24) is 0 Å². The van der Waals surface area contributed by atoms with Crippen LogP contribution < -0.4 is 0 Å². The molecule has 49 heavy (non-hydrogen) atoms. The van der Waals surface area contributed by atoms with Gasteiger partial charge in [0, 0.05) is 12.8 Å². The summed E-state index contributed by atoms with van der Waals surface area (Å²) in [5.74, 6) is -0.185. The summed E-state index contributed by atoms with van der Waals surface area (Å²) < 4.78 is 26.2. The number of hydrogen-bond donors (Lipinski definition) is 3. The number of carbonyl (C=O) groups is 2. The summed E-state index contributed by atoms with van der Waals surface area (Å²) >= 11 is 0. The van der Waals surface area contributed by atoms with Gasteiger partial charge in [-0.3, -0.25) is 14.1 Å². The highest BCUT2D eigenvalue weighted by Crippen LogP contribution is 2.36. The van der Waals surface area contributed by atoms with Crippen molar-refractivity contribution < 1.29 is 43.0 Å². The fourth-order valence-electron chi connectivity index (χ4n) is 4.72. The van der Waals surface area contributed by atoms with Gasteiger partial charge < -0.3 is 24.4 Å². The first-order valence-electron chi connectivity index (χ1n) is 18.5. The first-order valence-corrected chi connectivity index (χ1v) is 20.1. The molecule has 0 aliphatic carbocycles. The zero-order valence-corrected chi connectivity index (χ0v) is 31.5. The fourth-order valence-corrected chi connectivity index (χ4v) is 5.08. The standard InChI is InChI=1S/C39H67O9P/c1-4-36(40)30-26-22-18-14-9-7-5-6-8-10-16-20-24-28-32-39(42)48-37(34-47-49(43,44)45)33-46-38(41)31-27-23-19-15-12-11-13-17-21-25-29-35(2)3/h6-9,16,18,20,22,26,30,35-37,40H,4-5,10-15,17,19,21,23-25,27-29,31-34H2,1-3H3,(H2,43,44,45)/b8-6-,9-7-,20-16-,22-18-,30-26+/t36-,37-/m1/s1. The number of aliphatic hydroxyl groups is 1. The average Bonchev–Trinajstić information content (AvgIpc) is 3.05. The lowest BCUT2D eigenvalue weighted by Gasteiger charge is -2.18. The van der Waals surface area contributed by atoms with E-state index >= 15 is 0 Å². The Balaban J connectivity index is 4.12. The van der Waals surface area contributed by atoms with Crippen LogP contribution in [0.3, 0.4) is 0 Å².